The Kier molecular flexibility index (Phi) is 3.02. The Hall–Kier alpha value is -2.10. The number of para-hydroxylation sites is 1. The lowest BCUT2D eigenvalue weighted by atomic mass is 9.94. The zero-order valence-electron chi connectivity index (χ0n) is 12.0. The van der Waals surface area contributed by atoms with Gasteiger partial charge in [0.25, 0.3) is 0 Å². The summed E-state index contributed by atoms with van der Waals surface area (Å²) in [6.45, 7) is 1.85. The number of nitrogens with zero attached hydrogens (tertiary/aromatic N) is 3. The number of benzene rings is 1. The number of hydrogen-bond acceptors (Lipinski definition) is 2. The second-order valence-electron chi connectivity index (χ2n) is 5.95. The van der Waals surface area contributed by atoms with Gasteiger partial charge in [-0.3, -0.25) is 4.79 Å². The molecule has 1 atom stereocenters. The van der Waals surface area contributed by atoms with Crippen molar-refractivity contribution in [3.05, 3.63) is 48.0 Å². The Morgan fingerprint density at radius 3 is 2.86 bits per heavy atom. The minimum Gasteiger partial charge on any atom is -0.343 e. The highest BCUT2D eigenvalue weighted by molar-refractivity contribution is 5.78. The summed E-state index contributed by atoms with van der Waals surface area (Å²) in [5.41, 5.74) is 3.56. The molecule has 4 nitrogen and oxygen atoms in total. The molecule has 1 amide bonds. The summed E-state index contributed by atoms with van der Waals surface area (Å²) in [5, 5.41) is 0. The van der Waals surface area contributed by atoms with Gasteiger partial charge in [0.1, 0.15) is 0 Å². The van der Waals surface area contributed by atoms with Crippen molar-refractivity contribution in [2.75, 3.05) is 13.1 Å². The summed E-state index contributed by atoms with van der Waals surface area (Å²) in [7, 11) is 0. The van der Waals surface area contributed by atoms with E-state index in [9.17, 15) is 4.79 Å². The van der Waals surface area contributed by atoms with Crippen LogP contribution in [0.1, 0.15) is 42.9 Å². The van der Waals surface area contributed by atoms with Gasteiger partial charge in [0.15, 0.2) is 0 Å². The third kappa shape index (κ3) is 2.06. The van der Waals surface area contributed by atoms with Crippen molar-refractivity contribution in [2.24, 2.45) is 0 Å². The minimum absolute atomic E-state index is 0.151. The van der Waals surface area contributed by atoms with E-state index in [1.54, 1.807) is 0 Å². The van der Waals surface area contributed by atoms with Gasteiger partial charge < -0.3 is 9.47 Å². The molecule has 1 unspecified atom stereocenters. The van der Waals surface area contributed by atoms with Crippen LogP contribution < -0.4 is 0 Å². The Bertz CT molecular complexity index is 670. The molecule has 21 heavy (non-hydrogen) atoms. The van der Waals surface area contributed by atoms with Crippen molar-refractivity contribution in [3.8, 4) is 5.69 Å². The number of aromatic nitrogens is 2. The molecule has 0 N–H and O–H groups in total. The molecule has 0 aliphatic carbocycles. The van der Waals surface area contributed by atoms with E-state index in [2.05, 4.69) is 27.8 Å². The lowest BCUT2D eigenvalue weighted by Crippen LogP contribution is -2.36. The Labute approximate surface area is 124 Å². The van der Waals surface area contributed by atoms with Gasteiger partial charge in [-0.15, -0.1) is 0 Å². The van der Waals surface area contributed by atoms with E-state index in [-0.39, 0.29) is 11.8 Å². The number of amides is 1. The second kappa shape index (κ2) is 5.02. The van der Waals surface area contributed by atoms with E-state index in [0.717, 1.165) is 31.6 Å². The molecule has 1 saturated heterocycles. The average molecular weight is 281 g/mol. The number of fused-ring (bicyclic) bond motifs is 3. The summed E-state index contributed by atoms with van der Waals surface area (Å²) < 4.78 is 2.11. The highest BCUT2D eigenvalue weighted by atomic mass is 16.2. The van der Waals surface area contributed by atoms with Crippen LogP contribution in [0.5, 0.6) is 0 Å². The number of hydrogen-bond donors (Lipinski definition) is 0. The van der Waals surface area contributed by atoms with Gasteiger partial charge in [0, 0.05) is 31.6 Å². The first-order valence-electron chi connectivity index (χ1n) is 7.74. The molecule has 0 saturated carbocycles. The molecule has 4 heteroatoms. The molecule has 4 rings (SSSR count). The highest BCUT2D eigenvalue weighted by Crippen LogP contribution is 2.39. The van der Waals surface area contributed by atoms with Crippen LogP contribution in [-0.4, -0.2) is 33.4 Å². The fourth-order valence-electron chi connectivity index (χ4n) is 3.59. The molecule has 2 aliphatic heterocycles. The minimum atomic E-state index is 0.151. The number of piperidine rings is 1. The van der Waals surface area contributed by atoms with Crippen molar-refractivity contribution in [1.82, 2.24) is 14.5 Å². The van der Waals surface area contributed by atoms with Gasteiger partial charge >= 0.3 is 0 Å². The first kappa shape index (κ1) is 12.6. The Morgan fingerprint density at radius 2 is 2.00 bits per heavy atom. The van der Waals surface area contributed by atoms with Crippen molar-refractivity contribution in [3.63, 3.8) is 0 Å². The summed E-state index contributed by atoms with van der Waals surface area (Å²) in [4.78, 5) is 18.9. The van der Waals surface area contributed by atoms with Gasteiger partial charge in [0.2, 0.25) is 5.91 Å². The van der Waals surface area contributed by atoms with Gasteiger partial charge in [-0.05, 0) is 30.9 Å². The lowest BCUT2D eigenvalue weighted by molar-refractivity contribution is -0.132. The third-order valence-electron chi connectivity index (χ3n) is 4.68. The molecule has 0 bridgehead atoms. The molecular formula is C17H19N3O. The average Bonchev–Trinajstić information content (AvgIpc) is 3.11. The van der Waals surface area contributed by atoms with Crippen LogP contribution in [0.2, 0.25) is 0 Å². The zero-order valence-corrected chi connectivity index (χ0v) is 12.0. The number of rotatable bonds is 2. The smallest absolute Gasteiger partial charge is 0.223 e. The SMILES string of the molecule is O=C(CC1c2ccccc2-n2cncc21)N1CCCCC1. The predicted octanol–water partition coefficient (Wildman–Crippen LogP) is 2.72. The summed E-state index contributed by atoms with van der Waals surface area (Å²) in [6, 6.07) is 8.33. The topological polar surface area (TPSA) is 38.1 Å². The first-order chi connectivity index (χ1) is 10.3. The molecule has 1 fully saturated rings. The van der Waals surface area contributed by atoms with Crippen LogP contribution >= 0.6 is 0 Å². The number of likely N-dealkylation sites (tertiary alicyclic amines) is 1. The number of carbonyl (C=O) groups excluding carboxylic acids is 1. The van der Waals surface area contributed by atoms with Crippen LogP contribution in [0, 0.1) is 0 Å². The van der Waals surface area contributed by atoms with Crippen molar-refractivity contribution < 1.29 is 4.79 Å². The second-order valence-corrected chi connectivity index (χ2v) is 5.95. The maximum absolute atomic E-state index is 12.6. The largest absolute Gasteiger partial charge is 0.343 e. The van der Waals surface area contributed by atoms with E-state index < -0.39 is 0 Å². The van der Waals surface area contributed by atoms with E-state index in [1.165, 1.54) is 17.7 Å². The predicted molar refractivity (Wildman–Crippen MR) is 80.5 cm³/mol. The number of imidazole rings is 1. The van der Waals surface area contributed by atoms with E-state index >= 15 is 0 Å². The van der Waals surface area contributed by atoms with Gasteiger partial charge in [0.05, 0.1) is 17.7 Å². The van der Waals surface area contributed by atoms with E-state index in [1.807, 2.05) is 23.5 Å². The Balaban J connectivity index is 1.62. The quantitative estimate of drug-likeness (QED) is 0.849. The maximum atomic E-state index is 12.6. The van der Waals surface area contributed by atoms with Gasteiger partial charge in [-0.2, -0.15) is 0 Å². The fourth-order valence-corrected chi connectivity index (χ4v) is 3.59. The number of carbonyl (C=O) groups is 1. The van der Waals surface area contributed by atoms with Crippen molar-refractivity contribution in [1.29, 1.82) is 0 Å². The lowest BCUT2D eigenvalue weighted by Gasteiger charge is -2.27. The van der Waals surface area contributed by atoms with Crippen LogP contribution in [-0.2, 0) is 4.79 Å². The van der Waals surface area contributed by atoms with Crippen LogP contribution in [0.3, 0.4) is 0 Å². The van der Waals surface area contributed by atoms with Crippen LogP contribution in [0.25, 0.3) is 5.69 Å². The molecule has 0 spiro atoms. The zero-order chi connectivity index (χ0) is 14.2. The first-order valence-corrected chi connectivity index (χ1v) is 7.74. The summed E-state index contributed by atoms with van der Waals surface area (Å²) in [5.74, 6) is 0.433. The normalized spacial score (nSPS) is 20.2. The summed E-state index contributed by atoms with van der Waals surface area (Å²) in [6.07, 6.45) is 7.84. The molecule has 0 radical (unpaired) electrons. The van der Waals surface area contributed by atoms with Gasteiger partial charge in [-0.25, -0.2) is 4.98 Å². The van der Waals surface area contributed by atoms with Crippen molar-refractivity contribution >= 4 is 5.91 Å². The summed E-state index contributed by atoms with van der Waals surface area (Å²) >= 11 is 0. The van der Waals surface area contributed by atoms with Crippen LogP contribution in [0.4, 0.5) is 0 Å². The van der Waals surface area contributed by atoms with Crippen molar-refractivity contribution in [2.45, 2.75) is 31.6 Å². The molecule has 1 aromatic carbocycles. The molecule has 3 heterocycles. The molecule has 2 aromatic rings. The third-order valence-corrected chi connectivity index (χ3v) is 4.68. The molecule has 1 aromatic heterocycles. The fraction of sp³-hybridized carbons (Fsp3) is 0.412. The molecule has 2 aliphatic rings. The monoisotopic (exact) mass is 281 g/mol. The molecule has 108 valence electrons. The molecular weight excluding hydrogens is 262 g/mol. The standard InChI is InChI=1S/C17H19N3O/c21-17(19-8-4-1-5-9-19)10-14-13-6-2-3-7-15(13)20-12-18-11-16(14)20/h2-3,6-7,11-12,14H,1,4-5,8-10H2. The van der Waals surface area contributed by atoms with Crippen LogP contribution in [0.15, 0.2) is 36.8 Å². The highest BCUT2D eigenvalue weighted by Gasteiger charge is 2.31. The van der Waals surface area contributed by atoms with Gasteiger partial charge in [-0.1, -0.05) is 18.2 Å². The maximum Gasteiger partial charge on any atom is 0.223 e. The van der Waals surface area contributed by atoms with E-state index in [0.29, 0.717) is 6.42 Å². The Morgan fingerprint density at radius 1 is 1.19 bits per heavy atom. The van der Waals surface area contributed by atoms with E-state index in [4.69, 9.17) is 0 Å².